The lowest BCUT2D eigenvalue weighted by atomic mass is 10.2. The lowest BCUT2D eigenvalue weighted by molar-refractivity contribution is -0.105. The molecule has 0 unspecified atom stereocenters. The van der Waals surface area contributed by atoms with Crippen LogP contribution in [0.3, 0.4) is 0 Å². The van der Waals surface area contributed by atoms with Crippen molar-refractivity contribution in [3.05, 3.63) is 29.8 Å². The standard InChI is InChI=1S/C10H13N3O/c1-11-10(12-2)8-3-5-9(6-4-8)13-7-14/h3-7H,1-2H3,(H,11,12)(H,13,14). The van der Waals surface area contributed by atoms with Crippen molar-refractivity contribution in [3.8, 4) is 0 Å². The molecule has 0 spiro atoms. The highest BCUT2D eigenvalue weighted by Gasteiger charge is 1.98. The fourth-order valence-electron chi connectivity index (χ4n) is 1.18. The minimum atomic E-state index is 0.655. The van der Waals surface area contributed by atoms with Crippen LogP contribution in [0, 0.1) is 0 Å². The monoisotopic (exact) mass is 191 g/mol. The van der Waals surface area contributed by atoms with Crippen LogP contribution in [-0.4, -0.2) is 26.3 Å². The Balaban J connectivity index is 2.87. The van der Waals surface area contributed by atoms with E-state index in [0.717, 1.165) is 17.1 Å². The van der Waals surface area contributed by atoms with Gasteiger partial charge in [0.05, 0.1) is 0 Å². The van der Waals surface area contributed by atoms with Crippen molar-refractivity contribution in [1.82, 2.24) is 5.32 Å². The van der Waals surface area contributed by atoms with Gasteiger partial charge < -0.3 is 10.6 Å². The zero-order valence-electron chi connectivity index (χ0n) is 8.24. The van der Waals surface area contributed by atoms with E-state index >= 15 is 0 Å². The highest BCUT2D eigenvalue weighted by Crippen LogP contribution is 2.08. The van der Waals surface area contributed by atoms with Crippen molar-refractivity contribution in [3.63, 3.8) is 0 Å². The number of benzene rings is 1. The Morgan fingerprint density at radius 3 is 2.43 bits per heavy atom. The first-order valence-electron chi connectivity index (χ1n) is 4.27. The Kier molecular flexibility index (Phi) is 3.67. The summed E-state index contributed by atoms with van der Waals surface area (Å²) >= 11 is 0. The number of carbonyl (C=O) groups excluding carboxylic acids is 1. The molecule has 74 valence electrons. The van der Waals surface area contributed by atoms with Crippen LogP contribution < -0.4 is 10.6 Å². The zero-order chi connectivity index (χ0) is 10.4. The van der Waals surface area contributed by atoms with Gasteiger partial charge in [0.15, 0.2) is 0 Å². The molecule has 0 radical (unpaired) electrons. The van der Waals surface area contributed by atoms with Crippen LogP contribution in [0.2, 0.25) is 0 Å². The number of amides is 1. The van der Waals surface area contributed by atoms with Crippen LogP contribution in [0.4, 0.5) is 5.69 Å². The van der Waals surface area contributed by atoms with E-state index in [-0.39, 0.29) is 0 Å². The molecule has 1 amide bonds. The fourth-order valence-corrected chi connectivity index (χ4v) is 1.18. The molecule has 4 nitrogen and oxygen atoms in total. The maximum Gasteiger partial charge on any atom is 0.211 e. The van der Waals surface area contributed by atoms with E-state index in [2.05, 4.69) is 15.6 Å². The SMILES string of the molecule is CN=C(NC)c1ccc(NC=O)cc1. The molecule has 2 N–H and O–H groups in total. The number of carbonyl (C=O) groups is 1. The zero-order valence-corrected chi connectivity index (χ0v) is 8.24. The predicted octanol–water partition coefficient (Wildman–Crippen LogP) is 0.851. The summed E-state index contributed by atoms with van der Waals surface area (Å²) in [6.45, 7) is 0. The van der Waals surface area contributed by atoms with Crippen LogP contribution in [0.15, 0.2) is 29.3 Å². The smallest absolute Gasteiger partial charge is 0.211 e. The Morgan fingerprint density at radius 2 is 2.00 bits per heavy atom. The summed E-state index contributed by atoms with van der Waals surface area (Å²) in [6, 6.07) is 7.44. The molecule has 0 saturated heterocycles. The Bertz CT molecular complexity index is 330. The molecule has 14 heavy (non-hydrogen) atoms. The molecule has 0 heterocycles. The van der Waals surface area contributed by atoms with Gasteiger partial charge in [-0.2, -0.15) is 0 Å². The first kappa shape index (κ1) is 10.2. The molecule has 1 aromatic rings. The molecule has 0 bridgehead atoms. The van der Waals surface area contributed by atoms with Gasteiger partial charge in [-0.15, -0.1) is 0 Å². The fraction of sp³-hybridized carbons (Fsp3) is 0.200. The van der Waals surface area contributed by atoms with Gasteiger partial charge in [-0.3, -0.25) is 9.79 Å². The average molecular weight is 191 g/mol. The number of rotatable bonds is 3. The van der Waals surface area contributed by atoms with Gasteiger partial charge in [0, 0.05) is 25.3 Å². The van der Waals surface area contributed by atoms with E-state index in [0.29, 0.717) is 6.41 Å². The summed E-state index contributed by atoms with van der Waals surface area (Å²) in [6.07, 6.45) is 0.655. The second kappa shape index (κ2) is 5.01. The summed E-state index contributed by atoms with van der Waals surface area (Å²) in [4.78, 5) is 14.2. The van der Waals surface area contributed by atoms with E-state index in [1.54, 1.807) is 7.05 Å². The Morgan fingerprint density at radius 1 is 1.36 bits per heavy atom. The third-order valence-electron chi connectivity index (χ3n) is 1.84. The Labute approximate surface area is 83.0 Å². The van der Waals surface area contributed by atoms with Gasteiger partial charge in [0.25, 0.3) is 0 Å². The molecule has 1 rings (SSSR count). The molecule has 4 heteroatoms. The average Bonchev–Trinajstić information content (AvgIpc) is 2.23. The highest BCUT2D eigenvalue weighted by atomic mass is 16.1. The van der Waals surface area contributed by atoms with Crippen LogP contribution in [0.1, 0.15) is 5.56 Å². The minimum absolute atomic E-state index is 0.655. The molecular formula is C10H13N3O. The molecule has 0 atom stereocenters. The van der Waals surface area contributed by atoms with Crippen molar-refractivity contribution < 1.29 is 4.79 Å². The quantitative estimate of drug-likeness (QED) is 0.423. The number of aliphatic imine (C=N–C) groups is 1. The van der Waals surface area contributed by atoms with E-state index in [1.165, 1.54) is 0 Å². The van der Waals surface area contributed by atoms with Crippen LogP contribution in [0.5, 0.6) is 0 Å². The normalized spacial score (nSPS) is 10.9. The van der Waals surface area contributed by atoms with Crippen molar-refractivity contribution in [2.75, 3.05) is 19.4 Å². The summed E-state index contributed by atoms with van der Waals surface area (Å²) in [5.41, 5.74) is 1.77. The summed E-state index contributed by atoms with van der Waals surface area (Å²) in [5.74, 6) is 0.822. The molecule has 0 saturated carbocycles. The van der Waals surface area contributed by atoms with E-state index in [1.807, 2.05) is 31.3 Å². The molecular weight excluding hydrogens is 178 g/mol. The molecule has 0 aliphatic carbocycles. The molecule has 0 aliphatic heterocycles. The Hall–Kier alpha value is -1.84. The molecule has 0 aromatic heterocycles. The number of hydrogen-bond donors (Lipinski definition) is 2. The highest BCUT2D eigenvalue weighted by molar-refractivity contribution is 5.98. The third-order valence-corrected chi connectivity index (χ3v) is 1.84. The second-order valence-corrected chi connectivity index (χ2v) is 2.66. The summed E-state index contributed by atoms with van der Waals surface area (Å²) in [7, 11) is 3.54. The van der Waals surface area contributed by atoms with Gasteiger partial charge in [-0.05, 0) is 24.3 Å². The van der Waals surface area contributed by atoms with Gasteiger partial charge in [-0.1, -0.05) is 0 Å². The number of amidine groups is 1. The number of nitrogens with one attached hydrogen (secondary N) is 2. The first-order chi connectivity index (χ1) is 6.81. The van der Waals surface area contributed by atoms with Crippen molar-refractivity contribution >= 4 is 17.9 Å². The van der Waals surface area contributed by atoms with E-state index in [4.69, 9.17) is 0 Å². The van der Waals surface area contributed by atoms with Crippen molar-refractivity contribution in [2.45, 2.75) is 0 Å². The number of hydrogen-bond acceptors (Lipinski definition) is 2. The van der Waals surface area contributed by atoms with E-state index in [9.17, 15) is 4.79 Å². The maximum absolute atomic E-state index is 10.2. The minimum Gasteiger partial charge on any atom is -0.373 e. The van der Waals surface area contributed by atoms with Gasteiger partial charge in [0.2, 0.25) is 6.41 Å². The number of nitrogens with zero attached hydrogens (tertiary/aromatic N) is 1. The first-order valence-corrected chi connectivity index (χ1v) is 4.27. The molecule has 0 fully saturated rings. The largest absolute Gasteiger partial charge is 0.373 e. The topological polar surface area (TPSA) is 53.5 Å². The maximum atomic E-state index is 10.2. The lowest BCUT2D eigenvalue weighted by Gasteiger charge is -2.05. The lowest BCUT2D eigenvalue weighted by Crippen LogP contribution is -2.19. The van der Waals surface area contributed by atoms with E-state index < -0.39 is 0 Å². The molecule has 1 aromatic carbocycles. The third kappa shape index (κ3) is 2.32. The summed E-state index contributed by atoms with van der Waals surface area (Å²) in [5, 5.41) is 5.55. The van der Waals surface area contributed by atoms with Crippen LogP contribution in [-0.2, 0) is 4.79 Å². The predicted molar refractivity (Wildman–Crippen MR) is 57.6 cm³/mol. The van der Waals surface area contributed by atoms with Gasteiger partial charge >= 0.3 is 0 Å². The van der Waals surface area contributed by atoms with Crippen LogP contribution >= 0.6 is 0 Å². The second-order valence-electron chi connectivity index (χ2n) is 2.66. The van der Waals surface area contributed by atoms with Crippen molar-refractivity contribution in [1.29, 1.82) is 0 Å². The number of anilines is 1. The molecule has 0 aliphatic rings. The summed E-state index contributed by atoms with van der Waals surface area (Å²) < 4.78 is 0. The van der Waals surface area contributed by atoms with Gasteiger partial charge in [0.1, 0.15) is 5.84 Å². The van der Waals surface area contributed by atoms with Crippen LogP contribution in [0.25, 0.3) is 0 Å². The van der Waals surface area contributed by atoms with Gasteiger partial charge in [-0.25, -0.2) is 0 Å². The van der Waals surface area contributed by atoms with Crippen molar-refractivity contribution in [2.24, 2.45) is 4.99 Å².